The number of benzene rings is 2. The van der Waals surface area contributed by atoms with Crippen molar-refractivity contribution < 1.29 is 33.4 Å². The molecule has 1 N–H and O–H groups in total. The third kappa shape index (κ3) is 38.3. The molecule has 0 aliphatic rings. The SMILES string of the molecule is CCCCCCCCCCCCCCCC(=O)OC[C@H](CSC[C@@H](NC(=O)CCCCCCCCCCCCC)C(=O)OC(c1ccccc1)c1ccccc1)OC(=O)CCCCCCCCCCCCCCC. The number of thioether (sulfide) groups is 1. The molecule has 0 saturated carbocycles. The van der Waals surface area contributed by atoms with E-state index in [1.807, 2.05) is 60.7 Å². The van der Waals surface area contributed by atoms with Crippen molar-refractivity contribution >= 4 is 35.6 Å². The fourth-order valence-electron chi connectivity index (χ4n) is 9.68. The van der Waals surface area contributed by atoms with Gasteiger partial charge in [-0.25, -0.2) is 4.79 Å². The van der Waals surface area contributed by atoms with Crippen LogP contribution in [0.1, 0.15) is 295 Å². The molecule has 422 valence electrons. The van der Waals surface area contributed by atoms with Crippen LogP contribution in [0.25, 0.3) is 0 Å². The maximum Gasteiger partial charge on any atom is 0.330 e. The van der Waals surface area contributed by atoms with E-state index in [0.717, 1.165) is 68.9 Å². The Bertz CT molecular complexity index is 1570. The van der Waals surface area contributed by atoms with Crippen molar-refractivity contribution in [2.45, 2.75) is 296 Å². The molecule has 2 aromatic rings. The molecule has 0 aliphatic heterocycles. The van der Waals surface area contributed by atoms with Crippen molar-refractivity contribution in [3.63, 3.8) is 0 Å². The first-order chi connectivity index (χ1) is 36.4. The van der Waals surface area contributed by atoms with E-state index < -0.39 is 24.2 Å². The van der Waals surface area contributed by atoms with Crippen LogP contribution in [0.2, 0.25) is 0 Å². The number of nitrogens with one attached hydrogen (secondary N) is 1. The predicted octanol–water partition coefficient (Wildman–Crippen LogP) is 18.7. The van der Waals surface area contributed by atoms with Crippen molar-refractivity contribution in [3.05, 3.63) is 71.8 Å². The molecule has 2 aromatic carbocycles. The van der Waals surface area contributed by atoms with Gasteiger partial charge in [-0.1, -0.05) is 300 Å². The van der Waals surface area contributed by atoms with Gasteiger partial charge in [-0.2, -0.15) is 11.8 Å². The van der Waals surface area contributed by atoms with Crippen LogP contribution in [0.5, 0.6) is 0 Å². The molecule has 0 unspecified atom stereocenters. The summed E-state index contributed by atoms with van der Waals surface area (Å²) in [5, 5.41) is 3.02. The standard InChI is InChI=1S/C65H109NO7S/c1-4-7-10-13-16-19-22-24-27-30-33-36-45-52-62(68)71-54-59(72-63(69)53-46-37-34-31-28-25-23-20-17-14-11-8-5-2)55-74-56-60(66-61(67)51-44-35-32-29-26-21-18-15-12-9-6-3)65(70)73-64(57-47-40-38-41-48-57)58-49-42-39-43-50-58/h38-43,47-50,59-60,64H,4-37,44-46,51-56H2,1-3H3,(H,66,67)/t59-,60-/m1/s1. The van der Waals surface area contributed by atoms with E-state index in [1.165, 1.54) is 192 Å². The highest BCUT2D eigenvalue weighted by Crippen LogP contribution is 2.27. The van der Waals surface area contributed by atoms with Crippen molar-refractivity contribution in [3.8, 4) is 0 Å². The Morgan fingerprint density at radius 2 is 0.743 bits per heavy atom. The van der Waals surface area contributed by atoms with Gasteiger partial charge in [0.25, 0.3) is 0 Å². The summed E-state index contributed by atoms with van der Waals surface area (Å²) in [6.45, 7) is 6.73. The van der Waals surface area contributed by atoms with E-state index in [1.54, 1.807) is 0 Å². The van der Waals surface area contributed by atoms with Crippen molar-refractivity contribution in [2.75, 3.05) is 18.1 Å². The van der Waals surface area contributed by atoms with Crippen LogP contribution in [0.3, 0.4) is 0 Å². The monoisotopic (exact) mass is 1050 g/mol. The number of ether oxygens (including phenoxy) is 3. The summed E-state index contributed by atoms with van der Waals surface area (Å²) in [5.41, 5.74) is 1.67. The van der Waals surface area contributed by atoms with Gasteiger partial charge in [-0.05, 0) is 30.4 Å². The zero-order valence-corrected chi connectivity index (χ0v) is 48.5. The number of hydrogen-bond acceptors (Lipinski definition) is 8. The molecule has 0 bridgehead atoms. The minimum atomic E-state index is -0.935. The zero-order chi connectivity index (χ0) is 53.2. The highest BCUT2D eigenvalue weighted by atomic mass is 32.2. The smallest absolute Gasteiger partial charge is 0.330 e. The third-order valence-electron chi connectivity index (χ3n) is 14.4. The topological polar surface area (TPSA) is 108 Å². The Kier molecular flexibility index (Phi) is 44.5. The van der Waals surface area contributed by atoms with Gasteiger partial charge in [0.1, 0.15) is 18.8 Å². The van der Waals surface area contributed by atoms with Crippen LogP contribution in [0, 0.1) is 0 Å². The summed E-state index contributed by atoms with van der Waals surface area (Å²) >= 11 is 1.40. The highest BCUT2D eigenvalue weighted by Gasteiger charge is 2.28. The van der Waals surface area contributed by atoms with Gasteiger partial charge in [0.2, 0.25) is 5.91 Å². The molecule has 1 amide bonds. The van der Waals surface area contributed by atoms with Gasteiger partial charge in [0.05, 0.1) is 0 Å². The molecule has 0 heterocycles. The van der Waals surface area contributed by atoms with Crippen molar-refractivity contribution in [1.29, 1.82) is 0 Å². The third-order valence-corrected chi connectivity index (χ3v) is 15.5. The highest BCUT2D eigenvalue weighted by molar-refractivity contribution is 7.99. The molecular weight excluding hydrogens is 939 g/mol. The Labute approximate surface area is 457 Å². The van der Waals surface area contributed by atoms with Crippen LogP contribution in [0.15, 0.2) is 60.7 Å². The van der Waals surface area contributed by atoms with Gasteiger partial charge < -0.3 is 19.5 Å². The largest absolute Gasteiger partial charge is 0.462 e. The van der Waals surface area contributed by atoms with Gasteiger partial charge in [0.15, 0.2) is 6.10 Å². The molecule has 9 heteroatoms. The molecule has 0 aliphatic carbocycles. The minimum Gasteiger partial charge on any atom is -0.462 e. The Morgan fingerprint density at radius 1 is 0.405 bits per heavy atom. The Hall–Kier alpha value is -3.33. The van der Waals surface area contributed by atoms with Gasteiger partial charge in [-0.15, -0.1) is 0 Å². The molecule has 74 heavy (non-hydrogen) atoms. The second-order valence-electron chi connectivity index (χ2n) is 21.4. The number of esters is 3. The molecule has 0 saturated heterocycles. The summed E-state index contributed by atoms with van der Waals surface area (Å²) < 4.78 is 18.1. The van der Waals surface area contributed by atoms with E-state index in [0.29, 0.717) is 25.0 Å². The number of amides is 1. The lowest BCUT2D eigenvalue weighted by molar-refractivity contribution is -0.157. The number of hydrogen-bond donors (Lipinski definition) is 1. The van der Waals surface area contributed by atoms with Crippen LogP contribution < -0.4 is 5.32 Å². The summed E-state index contributed by atoms with van der Waals surface area (Å²) in [6, 6.07) is 18.4. The van der Waals surface area contributed by atoms with E-state index >= 15 is 0 Å². The molecule has 8 nitrogen and oxygen atoms in total. The number of rotatable bonds is 52. The summed E-state index contributed by atoms with van der Waals surface area (Å²) in [4.78, 5) is 54.0. The second-order valence-corrected chi connectivity index (χ2v) is 22.4. The lowest BCUT2D eigenvalue weighted by Crippen LogP contribution is -2.44. The van der Waals surface area contributed by atoms with E-state index in [4.69, 9.17) is 14.2 Å². The first-order valence-electron chi connectivity index (χ1n) is 30.9. The normalized spacial score (nSPS) is 12.2. The fraction of sp³-hybridized carbons (Fsp3) is 0.754. The molecule has 2 atom stereocenters. The summed E-state index contributed by atoms with van der Waals surface area (Å²) in [5.74, 6) is -0.769. The summed E-state index contributed by atoms with van der Waals surface area (Å²) in [6.07, 6.45) is 44.8. The maximum absolute atomic E-state index is 14.2. The number of carbonyl (C=O) groups excluding carboxylic acids is 4. The average Bonchev–Trinajstić information content (AvgIpc) is 3.41. The molecule has 0 spiro atoms. The molecule has 2 rings (SSSR count). The first-order valence-corrected chi connectivity index (χ1v) is 32.1. The minimum absolute atomic E-state index is 0.0426. The van der Waals surface area contributed by atoms with Gasteiger partial charge >= 0.3 is 17.9 Å². The summed E-state index contributed by atoms with van der Waals surface area (Å²) in [7, 11) is 0. The molecule has 0 aromatic heterocycles. The lowest BCUT2D eigenvalue weighted by atomic mass is 10.0. The number of unbranched alkanes of at least 4 members (excludes halogenated alkanes) is 34. The number of carbonyl (C=O) groups is 4. The first kappa shape index (κ1) is 66.8. The van der Waals surface area contributed by atoms with Crippen LogP contribution in [-0.4, -0.2) is 54.1 Å². The van der Waals surface area contributed by atoms with E-state index in [2.05, 4.69) is 26.1 Å². The quantitative estimate of drug-likeness (QED) is 0.0397. The lowest BCUT2D eigenvalue weighted by Gasteiger charge is -2.24. The Balaban J connectivity index is 1.99. The van der Waals surface area contributed by atoms with Gasteiger partial charge in [0, 0.05) is 30.8 Å². The van der Waals surface area contributed by atoms with Gasteiger partial charge in [-0.3, -0.25) is 14.4 Å². The van der Waals surface area contributed by atoms with Crippen molar-refractivity contribution in [1.82, 2.24) is 5.32 Å². The second kappa shape index (κ2) is 49.3. The molecule has 0 fully saturated rings. The maximum atomic E-state index is 14.2. The van der Waals surface area contributed by atoms with Crippen LogP contribution in [-0.2, 0) is 33.4 Å². The fourth-order valence-corrected chi connectivity index (χ4v) is 10.7. The zero-order valence-electron chi connectivity index (χ0n) is 47.7. The molecule has 0 radical (unpaired) electrons. The van der Waals surface area contributed by atoms with Crippen LogP contribution in [0.4, 0.5) is 0 Å². The van der Waals surface area contributed by atoms with E-state index in [9.17, 15) is 19.2 Å². The van der Waals surface area contributed by atoms with Crippen molar-refractivity contribution in [2.24, 2.45) is 0 Å². The molecular formula is C65H109NO7S. The van der Waals surface area contributed by atoms with Crippen LogP contribution >= 0.6 is 11.8 Å². The predicted molar refractivity (Wildman–Crippen MR) is 313 cm³/mol. The Morgan fingerprint density at radius 3 is 1.12 bits per heavy atom. The van der Waals surface area contributed by atoms with E-state index in [-0.39, 0.29) is 30.2 Å². The average molecular weight is 1050 g/mol.